The zero-order valence-electron chi connectivity index (χ0n) is 11.1. The molecule has 0 saturated heterocycles. The van der Waals surface area contributed by atoms with Crippen molar-refractivity contribution in [3.63, 3.8) is 0 Å². The number of carboxylic acid groups (broad SMARTS) is 1. The van der Waals surface area contributed by atoms with E-state index in [1.165, 1.54) is 6.92 Å². The number of carboxylic acids is 1. The highest BCUT2D eigenvalue weighted by Gasteiger charge is 2.28. The molecule has 0 unspecified atom stereocenters. The number of hydrogen-bond donors (Lipinski definition) is 2. The van der Waals surface area contributed by atoms with Crippen molar-refractivity contribution in [3.05, 3.63) is 33.5 Å². The number of aromatic carboxylic acids is 1. The van der Waals surface area contributed by atoms with Gasteiger partial charge >= 0.3 is 11.7 Å². The fourth-order valence-corrected chi connectivity index (χ4v) is 2.79. The van der Waals surface area contributed by atoms with Crippen molar-refractivity contribution in [1.82, 2.24) is 20.1 Å². The van der Waals surface area contributed by atoms with Crippen molar-refractivity contribution in [2.45, 2.75) is 36.5 Å². The zero-order valence-corrected chi connectivity index (χ0v) is 11.9. The lowest BCUT2D eigenvalue weighted by molar-refractivity contribution is 0.0690. The van der Waals surface area contributed by atoms with E-state index in [0.29, 0.717) is 17.6 Å². The quantitative estimate of drug-likeness (QED) is 0.626. The largest absolute Gasteiger partial charge is 0.478 e. The number of aryl methyl sites for hydroxylation is 1. The first-order chi connectivity index (χ1) is 10.0. The molecule has 1 saturated carbocycles. The molecule has 0 amide bonds. The van der Waals surface area contributed by atoms with Gasteiger partial charge in [-0.05, 0) is 19.8 Å². The third-order valence-corrected chi connectivity index (χ3v) is 4.02. The van der Waals surface area contributed by atoms with Gasteiger partial charge in [0.15, 0.2) is 5.82 Å². The molecular formula is C12H12N4O4S. The maximum absolute atomic E-state index is 11.4. The van der Waals surface area contributed by atoms with Crippen LogP contribution in [0, 0.1) is 6.92 Å². The minimum atomic E-state index is -1.14. The van der Waals surface area contributed by atoms with Crippen LogP contribution in [0.15, 0.2) is 14.3 Å². The lowest BCUT2D eigenvalue weighted by Crippen LogP contribution is -2.18. The predicted octanol–water partition coefficient (Wildman–Crippen LogP) is 1.33. The summed E-state index contributed by atoms with van der Waals surface area (Å²) in [4.78, 5) is 32.9. The van der Waals surface area contributed by atoms with Gasteiger partial charge in [-0.15, -0.1) is 0 Å². The summed E-state index contributed by atoms with van der Waals surface area (Å²) in [6.45, 7) is 1.52. The highest BCUT2D eigenvalue weighted by atomic mass is 32.2. The molecule has 9 heteroatoms. The summed E-state index contributed by atoms with van der Waals surface area (Å²) in [5.41, 5.74) is -0.320. The molecule has 110 valence electrons. The fourth-order valence-electron chi connectivity index (χ4n) is 1.88. The molecule has 2 aromatic rings. The Balaban J connectivity index is 1.80. The predicted molar refractivity (Wildman–Crippen MR) is 72.4 cm³/mol. The first-order valence-corrected chi connectivity index (χ1v) is 7.32. The van der Waals surface area contributed by atoms with Crippen molar-refractivity contribution in [1.29, 1.82) is 0 Å². The lowest BCUT2D eigenvalue weighted by atomic mass is 10.2. The van der Waals surface area contributed by atoms with Crippen molar-refractivity contribution < 1.29 is 14.4 Å². The van der Waals surface area contributed by atoms with Gasteiger partial charge < -0.3 is 14.6 Å². The van der Waals surface area contributed by atoms with E-state index in [2.05, 4.69) is 20.1 Å². The first-order valence-electron chi connectivity index (χ1n) is 6.34. The second-order valence-electron chi connectivity index (χ2n) is 4.76. The number of carbonyl (C=O) groups is 1. The Labute approximate surface area is 123 Å². The van der Waals surface area contributed by atoms with Crippen molar-refractivity contribution >= 4 is 17.7 Å². The summed E-state index contributed by atoms with van der Waals surface area (Å²) >= 11 is 1.09. The van der Waals surface area contributed by atoms with E-state index < -0.39 is 11.7 Å². The molecule has 3 rings (SSSR count). The van der Waals surface area contributed by atoms with E-state index in [4.69, 9.17) is 4.52 Å². The summed E-state index contributed by atoms with van der Waals surface area (Å²) in [7, 11) is 0. The number of rotatable bonds is 5. The van der Waals surface area contributed by atoms with Crippen molar-refractivity contribution in [2.75, 3.05) is 0 Å². The molecule has 0 aromatic carbocycles. The van der Waals surface area contributed by atoms with Gasteiger partial charge in [0.2, 0.25) is 5.89 Å². The Morgan fingerprint density at radius 3 is 2.90 bits per heavy atom. The van der Waals surface area contributed by atoms with Gasteiger partial charge in [-0.25, -0.2) is 9.59 Å². The molecule has 21 heavy (non-hydrogen) atoms. The summed E-state index contributed by atoms with van der Waals surface area (Å²) in [5.74, 6) is 0.623. The molecule has 1 aliphatic rings. The van der Waals surface area contributed by atoms with Crippen LogP contribution in [0.5, 0.6) is 0 Å². The summed E-state index contributed by atoms with van der Waals surface area (Å²) < 4.78 is 5.11. The highest BCUT2D eigenvalue weighted by molar-refractivity contribution is 7.98. The molecule has 0 bridgehead atoms. The third-order valence-electron chi connectivity index (χ3n) is 3.06. The summed E-state index contributed by atoms with van der Waals surface area (Å²) in [6.07, 6.45) is 2.15. The topological polar surface area (TPSA) is 122 Å². The van der Waals surface area contributed by atoms with Crippen LogP contribution in [-0.4, -0.2) is 31.2 Å². The molecule has 1 fully saturated rings. The summed E-state index contributed by atoms with van der Waals surface area (Å²) in [5, 5.41) is 13.2. The van der Waals surface area contributed by atoms with E-state index in [9.17, 15) is 14.7 Å². The third kappa shape index (κ3) is 2.97. The molecule has 8 nitrogen and oxygen atoms in total. The number of aromatic nitrogens is 4. The minimum Gasteiger partial charge on any atom is -0.478 e. The second kappa shape index (κ2) is 5.32. The van der Waals surface area contributed by atoms with Gasteiger partial charge in [0, 0.05) is 11.6 Å². The van der Waals surface area contributed by atoms with Gasteiger partial charge in [0.25, 0.3) is 0 Å². The normalized spacial score (nSPS) is 14.3. The zero-order chi connectivity index (χ0) is 15.0. The van der Waals surface area contributed by atoms with Gasteiger partial charge in [-0.3, -0.25) is 0 Å². The smallest absolute Gasteiger partial charge is 0.346 e. The molecule has 0 radical (unpaired) electrons. The van der Waals surface area contributed by atoms with Gasteiger partial charge in [0.1, 0.15) is 10.6 Å². The average Bonchev–Trinajstić information content (AvgIpc) is 3.14. The molecule has 0 spiro atoms. The highest BCUT2D eigenvalue weighted by Crippen LogP contribution is 2.38. The maximum atomic E-state index is 11.4. The van der Waals surface area contributed by atoms with Crippen molar-refractivity contribution in [2.24, 2.45) is 0 Å². The van der Waals surface area contributed by atoms with Gasteiger partial charge in [-0.1, -0.05) is 16.9 Å². The van der Waals surface area contributed by atoms with E-state index >= 15 is 0 Å². The molecule has 0 atom stereocenters. The Hall–Kier alpha value is -2.16. The molecule has 0 aliphatic heterocycles. The number of aromatic amines is 1. The Morgan fingerprint density at radius 2 is 2.24 bits per heavy atom. The van der Waals surface area contributed by atoms with Crippen LogP contribution in [-0.2, 0) is 5.75 Å². The van der Waals surface area contributed by atoms with E-state index in [1.807, 2.05) is 0 Å². The SMILES string of the molecule is Cc1[nH]c(=O)nc(SCc2nc(C3CC3)no2)c1C(=O)O. The number of hydrogen-bond acceptors (Lipinski definition) is 7. The van der Waals surface area contributed by atoms with Crippen LogP contribution in [0.1, 0.15) is 46.5 Å². The molecule has 2 N–H and O–H groups in total. The molecule has 2 heterocycles. The Bertz CT molecular complexity index is 750. The second-order valence-corrected chi connectivity index (χ2v) is 5.73. The monoisotopic (exact) mass is 308 g/mol. The van der Waals surface area contributed by atoms with Crippen molar-refractivity contribution in [3.8, 4) is 0 Å². The van der Waals surface area contributed by atoms with E-state index in [1.54, 1.807) is 0 Å². The van der Waals surface area contributed by atoms with Crippen LogP contribution in [0.4, 0.5) is 0 Å². The standard InChI is InChI=1S/C12H12N4O4S/c1-5-8(11(17)18)10(15-12(19)13-5)21-4-7-14-9(16-20-7)6-2-3-6/h6H,2-4H2,1H3,(H,17,18)(H,13,15,19). The van der Waals surface area contributed by atoms with Crippen LogP contribution in [0.25, 0.3) is 0 Å². The lowest BCUT2D eigenvalue weighted by Gasteiger charge is -2.05. The molecular weight excluding hydrogens is 296 g/mol. The van der Waals surface area contributed by atoms with Gasteiger partial charge in [-0.2, -0.15) is 9.97 Å². The number of thioether (sulfide) groups is 1. The number of nitrogens with one attached hydrogen (secondary N) is 1. The van der Waals surface area contributed by atoms with E-state index in [0.717, 1.165) is 24.6 Å². The Morgan fingerprint density at radius 1 is 1.48 bits per heavy atom. The van der Waals surface area contributed by atoms with Crippen LogP contribution >= 0.6 is 11.8 Å². The summed E-state index contributed by atoms with van der Waals surface area (Å²) in [6, 6.07) is 0. The maximum Gasteiger partial charge on any atom is 0.346 e. The first kappa shape index (κ1) is 13.8. The van der Waals surface area contributed by atoms with Gasteiger partial charge in [0.05, 0.1) is 5.75 Å². The fraction of sp³-hybridized carbons (Fsp3) is 0.417. The number of nitrogens with zero attached hydrogens (tertiary/aromatic N) is 3. The van der Waals surface area contributed by atoms with Crippen LogP contribution in [0.3, 0.4) is 0 Å². The number of H-pyrrole nitrogens is 1. The average molecular weight is 308 g/mol. The van der Waals surface area contributed by atoms with Crippen LogP contribution in [0.2, 0.25) is 0 Å². The Kier molecular flexibility index (Phi) is 3.50. The van der Waals surface area contributed by atoms with Crippen LogP contribution < -0.4 is 5.69 Å². The molecule has 2 aromatic heterocycles. The van der Waals surface area contributed by atoms with E-state index in [-0.39, 0.29) is 22.0 Å². The minimum absolute atomic E-state index is 0.0125. The molecule has 1 aliphatic carbocycles.